The molecule has 7 heteroatoms. The van der Waals surface area contributed by atoms with Gasteiger partial charge in [-0.2, -0.15) is 0 Å². The molecule has 0 unspecified atom stereocenters. The molecule has 3 heterocycles. The molecule has 3 rings (SSSR count). The van der Waals surface area contributed by atoms with Crippen molar-refractivity contribution in [1.82, 2.24) is 24.3 Å². The molecule has 0 spiro atoms. The van der Waals surface area contributed by atoms with Crippen molar-refractivity contribution in [2.24, 2.45) is 7.05 Å². The molecule has 0 N–H and O–H groups in total. The van der Waals surface area contributed by atoms with Crippen LogP contribution in [0.2, 0.25) is 0 Å². The van der Waals surface area contributed by atoms with E-state index in [1.54, 1.807) is 11.1 Å². The fraction of sp³-hybridized carbons (Fsp3) is 0.667. The highest BCUT2D eigenvalue weighted by molar-refractivity contribution is 5.86. The Bertz CT molecular complexity index is 570. The Morgan fingerprint density at radius 2 is 2.14 bits per heavy atom. The lowest BCUT2D eigenvalue weighted by Gasteiger charge is -2.39. The van der Waals surface area contributed by atoms with Gasteiger partial charge >= 0.3 is 0 Å². The van der Waals surface area contributed by atoms with Gasteiger partial charge in [-0.25, -0.2) is 4.98 Å². The number of likely N-dealkylation sites (N-methyl/N-ethyl adjacent to an activating group) is 1. The average Bonchev–Trinajstić information content (AvgIpc) is 3.09. The van der Waals surface area contributed by atoms with Gasteiger partial charge in [0.15, 0.2) is 0 Å². The predicted molar refractivity (Wildman–Crippen MR) is 81.0 cm³/mol. The van der Waals surface area contributed by atoms with Crippen LogP contribution in [0.3, 0.4) is 0 Å². The third-order valence-corrected chi connectivity index (χ3v) is 4.65. The van der Waals surface area contributed by atoms with E-state index in [9.17, 15) is 9.59 Å². The van der Waals surface area contributed by atoms with Crippen LogP contribution in [0.1, 0.15) is 24.7 Å². The molecule has 0 aromatic carbocycles. The van der Waals surface area contributed by atoms with E-state index in [0.717, 1.165) is 18.8 Å². The number of aryl methyl sites for hydroxylation is 1. The number of nitrogens with zero attached hydrogens (tertiary/aromatic N) is 5. The smallest absolute Gasteiger partial charge is 0.242 e. The van der Waals surface area contributed by atoms with E-state index >= 15 is 0 Å². The van der Waals surface area contributed by atoms with Gasteiger partial charge in [0.05, 0.1) is 12.6 Å². The number of rotatable bonds is 3. The van der Waals surface area contributed by atoms with Crippen molar-refractivity contribution in [2.75, 3.05) is 39.8 Å². The Morgan fingerprint density at radius 3 is 2.77 bits per heavy atom. The first-order chi connectivity index (χ1) is 10.6. The molecule has 2 fully saturated rings. The number of hydrogen-bond acceptors (Lipinski definition) is 4. The number of aromatic nitrogens is 2. The number of likely N-dealkylation sites (tertiary alicyclic amines) is 1. The molecular formula is C15H23N5O2. The molecule has 2 saturated heterocycles. The maximum atomic E-state index is 12.5. The third-order valence-electron chi connectivity index (χ3n) is 4.65. The highest BCUT2D eigenvalue weighted by atomic mass is 16.2. The second kappa shape index (κ2) is 6.08. The largest absolute Gasteiger partial charge is 0.338 e. The van der Waals surface area contributed by atoms with E-state index in [1.165, 1.54) is 0 Å². The van der Waals surface area contributed by atoms with Crippen LogP contribution in [-0.4, -0.2) is 75.8 Å². The Morgan fingerprint density at radius 1 is 1.32 bits per heavy atom. The fourth-order valence-corrected chi connectivity index (χ4v) is 3.21. The van der Waals surface area contributed by atoms with Gasteiger partial charge in [0.2, 0.25) is 11.8 Å². The van der Waals surface area contributed by atoms with Gasteiger partial charge < -0.3 is 14.4 Å². The maximum absolute atomic E-state index is 12.5. The number of carbonyl (C=O) groups excluding carboxylic acids is 2. The Labute approximate surface area is 130 Å². The molecule has 0 bridgehead atoms. The highest BCUT2D eigenvalue weighted by Crippen LogP contribution is 2.22. The van der Waals surface area contributed by atoms with Gasteiger partial charge in [0.1, 0.15) is 5.82 Å². The fourth-order valence-electron chi connectivity index (χ4n) is 3.21. The summed E-state index contributed by atoms with van der Waals surface area (Å²) in [6, 6.07) is 0.104. The monoisotopic (exact) mass is 305 g/mol. The summed E-state index contributed by atoms with van der Waals surface area (Å²) in [6.45, 7) is 3.08. The highest BCUT2D eigenvalue weighted by Gasteiger charge is 2.32. The van der Waals surface area contributed by atoms with Gasteiger partial charge in [0, 0.05) is 52.0 Å². The second-order valence-electron chi connectivity index (χ2n) is 6.15. The van der Waals surface area contributed by atoms with Crippen molar-refractivity contribution >= 4 is 11.8 Å². The van der Waals surface area contributed by atoms with Crippen molar-refractivity contribution in [2.45, 2.75) is 18.9 Å². The number of carbonyl (C=O) groups is 2. The molecule has 0 radical (unpaired) electrons. The van der Waals surface area contributed by atoms with E-state index in [2.05, 4.69) is 16.9 Å². The van der Waals surface area contributed by atoms with Gasteiger partial charge in [-0.1, -0.05) is 0 Å². The third kappa shape index (κ3) is 2.85. The predicted octanol–water partition coefficient (Wildman–Crippen LogP) is -0.142. The van der Waals surface area contributed by atoms with E-state index in [4.69, 9.17) is 0 Å². The molecule has 0 aliphatic carbocycles. The summed E-state index contributed by atoms with van der Waals surface area (Å²) < 4.78 is 2.00. The summed E-state index contributed by atoms with van der Waals surface area (Å²) in [6.07, 6.45) is 5.15. The Kier molecular flexibility index (Phi) is 4.15. The maximum Gasteiger partial charge on any atom is 0.242 e. The Hall–Kier alpha value is -1.89. The van der Waals surface area contributed by atoms with Crippen LogP contribution in [0.25, 0.3) is 0 Å². The normalized spacial score (nSPS) is 23.4. The molecule has 2 aliphatic rings. The molecule has 1 aromatic rings. The van der Waals surface area contributed by atoms with Crippen LogP contribution in [-0.2, 0) is 16.6 Å². The molecule has 1 atom stereocenters. The van der Waals surface area contributed by atoms with Crippen molar-refractivity contribution in [3.05, 3.63) is 18.2 Å². The van der Waals surface area contributed by atoms with E-state index in [1.807, 2.05) is 22.7 Å². The van der Waals surface area contributed by atoms with Crippen LogP contribution >= 0.6 is 0 Å². The molecule has 1 aromatic heterocycles. The van der Waals surface area contributed by atoms with Crippen LogP contribution < -0.4 is 0 Å². The lowest BCUT2D eigenvalue weighted by molar-refractivity contribution is -0.140. The van der Waals surface area contributed by atoms with Crippen LogP contribution in [0, 0.1) is 0 Å². The van der Waals surface area contributed by atoms with Crippen LogP contribution in [0.4, 0.5) is 0 Å². The molecule has 2 amide bonds. The summed E-state index contributed by atoms with van der Waals surface area (Å²) >= 11 is 0. The first-order valence-electron chi connectivity index (χ1n) is 7.79. The first kappa shape index (κ1) is 15.0. The van der Waals surface area contributed by atoms with E-state index in [0.29, 0.717) is 26.1 Å². The molecule has 7 nitrogen and oxygen atoms in total. The van der Waals surface area contributed by atoms with Crippen LogP contribution in [0.15, 0.2) is 12.4 Å². The van der Waals surface area contributed by atoms with Gasteiger partial charge in [0.25, 0.3) is 0 Å². The van der Waals surface area contributed by atoms with Gasteiger partial charge in [-0.05, 0) is 13.5 Å². The van der Waals surface area contributed by atoms with Crippen molar-refractivity contribution in [3.8, 4) is 0 Å². The Balaban J connectivity index is 1.66. The summed E-state index contributed by atoms with van der Waals surface area (Å²) in [7, 11) is 4.03. The van der Waals surface area contributed by atoms with Gasteiger partial charge in [-0.3, -0.25) is 14.5 Å². The molecule has 120 valence electrons. The average molecular weight is 305 g/mol. The first-order valence-corrected chi connectivity index (χ1v) is 7.79. The zero-order valence-electron chi connectivity index (χ0n) is 13.2. The van der Waals surface area contributed by atoms with E-state index < -0.39 is 0 Å². The standard InChI is InChI=1S/C15H23N5O2/c1-17-8-9-20(10-12(17)15-16-5-7-18(15)2)14(22)11-19-6-3-4-13(19)21/h5,7,12H,3-4,6,8-11H2,1-2H3/t12-/m1/s1. The van der Waals surface area contributed by atoms with E-state index in [-0.39, 0.29) is 24.4 Å². The zero-order valence-corrected chi connectivity index (χ0v) is 13.2. The lowest BCUT2D eigenvalue weighted by Crippen LogP contribution is -2.52. The second-order valence-corrected chi connectivity index (χ2v) is 6.15. The lowest BCUT2D eigenvalue weighted by atomic mass is 10.1. The molecule has 2 aliphatic heterocycles. The minimum absolute atomic E-state index is 0.0440. The summed E-state index contributed by atoms with van der Waals surface area (Å²) in [4.78, 5) is 34.4. The number of piperazine rings is 1. The zero-order chi connectivity index (χ0) is 15.7. The number of amides is 2. The topological polar surface area (TPSA) is 61.7 Å². The van der Waals surface area contributed by atoms with Gasteiger partial charge in [-0.15, -0.1) is 0 Å². The SMILES string of the molecule is CN1CCN(C(=O)CN2CCCC2=O)C[C@@H]1c1nccn1C. The molecular weight excluding hydrogens is 282 g/mol. The number of hydrogen-bond donors (Lipinski definition) is 0. The van der Waals surface area contributed by atoms with Crippen molar-refractivity contribution in [3.63, 3.8) is 0 Å². The molecule has 22 heavy (non-hydrogen) atoms. The number of imidazole rings is 1. The summed E-state index contributed by atoms with van der Waals surface area (Å²) in [5.41, 5.74) is 0. The minimum atomic E-state index is 0.0440. The quantitative estimate of drug-likeness (QED) is 0.780. The molecule has 0 saturated carbocycles. The summed E-state index contributed by atoms with van der Waals surface area (Å²) in [5.74, 6) is 1.11. The minimum Gasteiger partial charge on any atom is -0.338 e. The van der Waals surface area contributed by atoms with Crippen molar-refractivity contribution in [1.29, 1.82) is 0 Å². The van der Waals surface area contributed by atoms with Crippen molar-refractivity contribution < 1.29 is 9.59 Å². The summed E-state index contributed by atoms with van der Waals surface area (Å²) in [5, 5.41) is 0. The van der Waals surface area contributed by atoms with Crippen LogP contribution in [0.5, 0.6) is 0 Å².